The van der Waals surface area contributed by atoms with Gasteiger partial charge in [0.15, 0.2) is 0 Å². The fraction of sp³-hybridized carbons (Fsp3) is 1.00. The van der Waals surface area contributed by atoms with Crippen LogP contribution in [0.2, 0.25) is 0 Å². The molecule has 0 aromatic carbocycles. The first-order valence-corrected chi connectivity index (χ1v) is 6.76. The van der Waals surface area contributed by atoms with Crippen LogP contribution in [0.4, 0.5) is 0 Å². The third-order valence-electron chi connectivity index (χ3n) is 2.76. The zero-order valence-corrected chi connectivity index (χ0v) is 9.39. The second-order valence-electron chi connectivity index (χ2n) is 3.91. The Morgan fingerprint density at radius 2 is 1.93 bits per heavy atom. The van der Waals surface area contributed by atoms with E-state index in [-0.39, 0.29) is 6.04 Å². The average Bonchev–Trinajstić information content (AvgIpc) is 2.14. The third kappa shape index (κ3) is 3.55. The van der Waals surface area contributed by atoms with Gasteiger partial charge in [0.05, 0.1) is 0 Å². The lowest BCUT2D eigenvalue weighted by atomic mass is 9.95. The molecule has 0 unspecified atom stereocenters. The number of nitrogens with one attached hydrogen (secondary N) is 1. The summed E-state index contributed by atoms with van der Waals surface area (Å²) in [5.74, 6) is 0. The highest BCUT2D eigenvalue weighted by molar-refractivity contribution is 7.86. The van der Waals surface area contributed by atoms with Crippen LogP contribution in [0.25, 0.3) is 0 Å². The second-order valence-corrected chi connectivity index (χ2v) is 5.51. The Morgan fingerprint density at radius 3 is 2.36 bits per heavy atom. The summed E-state index contributed by atoms with van der Waals surface area (Å²) in [5.41, 5.74) is 0. The fourth-order valence-electron chi connectivity index (χ4n) is 1.95. The van der Waals surface area contributed by atoms with Crippen molar-refractivity contribution < 1.29 is 13.0 Å². The number of hydrogen-bond donors (Lipinski definition) is 2. The first-order valence-electron chi connectivity index (χ1n) is 5.26. The van der Waals surface area contributed by atoms with E-state index in [1.165, 1.54) is 6.42 Å². The van der Waals surface area contributed by atoms with Crippen LogP contribution in [0.5, 0.6) is 0 Å². The van der Waals surface area contributed by atoms with Crippen LogP contribution in [-0.4, -0.2) is 24.4 Å². The van der Waals surface area contributed by atoms with Crippen LogP contribution < -0.4 is 5.32 Å². The number of rotatable bonds is 4. The molecule has 0 amide bonds. The molecule has 14 heavy (non-hydrogen) atoms. The molecular weight excluding hydrogens is 202 g/mol. The average molecular weight is 221 g/mol. The molecule has 2 N–H and O–H groups in total. The van der Waals surface area contributed by atoms with Gasteiger partial charge in [-0.15, -0.1) is 0 Å². The van der Waals surface area contributed by atoms with Crippen molar-refractivity contribution in [3.63, 3.8) is 0 Å². The lowest BCUT2D eigenvalue weighted by Gasteiger charge is -2.26. The summed E-state index contributed by atoms with van der Waals surface area (Å²) in [6, 6.07) is 0.260. The topological polar surface area (TPSA) is 66.4 Å². The van der Waals surface area contributed by atoms with Crippen LogP contribution in [0.1, 0.15) is 45.4 Å². The Hall–Kier alpha value is -0.130. The molecule has 0 aromatic heterocycles. The van der Waals surface area contributed by atoms with E-state index in [0.717, 1.165) is 25.7 Å². The predicted molar refractivity (Wildman–Crippen MR) is 55.6 cm³/mol. The summed E-state index contributed by atoms with van der Waals surface area (Å²) in [4.78, 5) is 0. The largest absolute Gasteiger partial charge is 0.296 e. The van der Waals surface area contributed by atoms with Crippen molar-refractivity contribution in [2.75, 3.05) is 0 Å². The van der Waals surface area contributed by atoms with Gasteiger partial charge < -0.3 is 0 Å². The Kier molecular flexibility index (Phi) is 4.34. The molecule has 0 heterocycles. The molecule has 0 aromatic rings. The van der Waals surface area contributed by atoms with Crippen LogP contribution >= 0.6 is 0 Å². The van der Waals surface area contributed by atoms with Gasteiger partial charge >= 0.3 is 0 Å². The Balaban J connectivity index is 2.47. The molecule has 1 aliphatic carbocycles. The Labute approximate surface area is 85.8 Å². The third-order valence-corrected chi connectivity index (χ3v) is 3.95. The molecule has 0 spiro atoms. The normalized spacial score (nSPS) is 22.1. The zero-order chi connectivity index (χ0) is 10.6. The highest BCUT2D eigenvalue weighted by atomic mass is 32.2. The standard InChI is InChI=1S/C9H19NO3S/c1-2-9(14(11,12)13)10-8-6-4-3-5-7-8/h8-10H,2-7H2,1H3,(H,11,12,13)/t9-/m0/s1. The summed E-state index contributed by atoms with van der Waals surface area (Å²) >= 11 is 0. The molecule has 1 atom stereocenters. The van der Waals surface area contributed by atoms with Gasteiger partial charge in [0.25, 0.3) is 10.1 Å². The molecule has 0 aliphatic heterocycles. The van der Waals surface area contributed by atoms with E-state index in [0.29, 0.717) is 6.42 Å². The van der Waals surface area contributed by atoms with Gasteiger partial charge in [-0.05, 0) is 19.3 Å². The van der Waals surface area contributed by atoms with Crippen molar-refractivity contribution in [2.24, 2.45) is 0 Å². The predicted octanol–water partition coefficient (Wildman–Crippen LogP) is 1.53. The maximum absolute atomic E-state index is 10.9. The summed E-state index contributed by atoms with van der Waals surface area (Å²) < 4.78 is 30.8. The fourth-order valence-corrected chi connectivity index (χ4v) is 2.73. The van der Waals surface area contributed by atoms with Crippen molar-refractivity contribution in [2.45, 2.75) is 56.9 Å². The lowest BCUT2D eigenvalue weighted by Crippen LogP contribution is -2.43. The highest BCUT2D eigenvalue weighted by Gasteiger charge is 2.24. The number of hydrogen-bond acceptors (Lipinski definition) is 3. The first-order chi connectivity index (χ1) is 6.54. The zero-order valence-electron chi connectivity index (χ0n) is 8.57. The SMILES string of the molecule is CC[C@@H](NC1CCCCC1)S(=O)(=O)O. The quantitative estimate of drug-likeness (QED) is 0.707. The van der Waals surface area contributed by atoms with E-state index < -0.39 is 15.5 Å². The Morgan fingerprint density at radius 1 is 1.36 bits per heavy atom. The molecule has 0 radical (unpaired) electrons. The molecule has 1 rings (SSSR count). The van der Waals surface area contributed by atoms with Gasteiger partial charge in [0.2, 0.25) is 0 Å². The smallest absolute Gasteiger partial charge is 0.281 e. The van der Waals surface area contributed by atoms with Crippen molar-refractivity contribution in [1.82, 2.24) is 5.32 Å². The molecule has 1 aliphatic rings. The molecule has 5 heteroatoms. The minimum atomic E-state index is -3.93. The van der Waals surface area contributed by atoms with Crippen LogP contribution in [0.15, 0.2) is 0 Å². The van der Waals surface area contributed by atoms with Crippen molar-refractivity contribution >= 4 is 10.1 Å². The first kappa shape index (κ1) is 11.9. The second kappa shape index (κ2) is 5.09. The molecule has 1 saturated carbocycles. The van der Waals surface area contributed by atoms with E-state index in [9.17, 15) is 8.42 Å². The Bertz CT molecular complexity index is 257. The van der Waals surface area contributed by atoms with E-state index >= 15 is 0 Å². The van der Waals surface area contributed by atoms with E-state index in [4.69, 9.17) is 4.55 Å². The molecule has 0 saturated heterocycles. The molecular formula is C9H19NO3S. The maximum atomic E-state index is 10.9. The van der Waals surface area contributed by atoms with Crippen molar-refractivity contribution in [3.05, 3.63) is 0 Å². The van der Waals surface area contributed by atoms with Crippen molar-refractivity contribution in [1.29, 1.82) is 0 Å². The van der Waals surface area contributed by atoms with E-state index in [1.807, 2.05) is 0 Å². The van der Waals surface area contributed by atoms with Gasteiger partial charge in [0, 0.05) is 6.04 Å². The van der Waals surface area contributed by atoms with Crippen molar-refractivity contribution in [3.8, 4) is 0 Å². The minimum Gasteiger partial charge on any atom is -0.296 e. The van der Waals surface area contributed by atoms with Gasteiger partial charge in [0.1, 0.15) is 5.37 Å². The van der Waals surface area contributed by atoms with Crippen LogP contribution in [0.3, 0.4) is 0 Å². The lowest BCUT2D eigenvalue weighted by molar-refractivity contribution is 0.348. The van der Waals surface area contributed by atoms with Crippen LogP contribution in [-0.2, 0) is 10.1 Å². The van der Waals surface area contributed by atoms with Gasteiger partial charge in [-0.2, -0.15) is 8.42 Å². The summed E-state index contributed by atoms with van der Waals surface area (Å²) in [6.07, 6.45) is 5.99. The summed E-state index contributed by atoms with van der Waals surface area (Å²) in [5, 5.41) is 2.22. The van der Waals surface area contributed by atoms with E-state index in [2.05, 4.69) is 5.32 Å². The molecule has 1 fully saturated rings. The van der Waals surface area contributed by atoms with Gasteiger partial charge in [-0.1, -0.05) is 26.2 Å². The van der Waals surface area contributed by atoms with Crippen LogP contribution in [0, 0.1) is 0 Å². The minimum absolute atomic E-state index is 0.260. The van der Waals surface area contributed by atoms with E-state index in [1.54, 1.807) is 6.92 Å². The summed E-state index contributed by atoms with van der Waals surface area (Å²) in [6.45, 7) is 1.76. The molecule has 0 bridgehead atoms. The maximum Gasteiger partial charge on any atom is 0.281 e. The van der Waals surface area contributed by atoms with Gasteiger partial charge in [-0.25, -0.2) is 0 Å². The molecule has 84 valence electrons. The summed E-state index contributed by atoms with van der Waals surface area (Å²) in [7, 11) is -3.93. The van der Waals surface area contributed by atoms with Gasteiger partial charge in [-0.3, -0.25) is 9.87 Å². The monoisotopic (exact) mass is 221 g/mol. The highest BCUT2D eigenvalue weighted by Crippen LogP contribution is 2.18. The molecule has 4 nitrogen and oxygen atoms in total.